The van der Waals surface area contributed by atoms with Crippen molar-refractivity contribution in [1.29, 1.82) is 21.0 Å². The summed E-state index contributed by atoms with van der Waals surface area (Å²) in [5.74, 6) is -0.953. The number of benzene rings is 12. The van der Waals surface area contributed by atoms with Crippen molar-refractivity contribution in [3.05, 3.63) is 264 Å². The minimum absolute atomic E-state index is 0.289. The average Bonchev–Trinajstić information content (AvgIpc) is 3.51. The van der Waals surface area contributed by atoms with Gasteiger partial charge in [0.1, 0.15) is 11.6 Å². The number of nitrogens with zero attached hydrogens (tertiary/aromatic N) is 6. The van der Waals surface area contributed by atoms with Crippen LogP contribution in [0.25, 0.3) is 76.8 Å². The topological polar surface area (TPSA) is 102 Å². The third kappa shape index (κ3) is 7.94. The zero-order valence-electron chi connectivity index (χ0n) is 40.4. The first-order valence-corrected chi connectivity index (χ1v) is 24.4. The van der Waals surface area contributed by atoms with E-state index < -0.39 is 11.6 Å². The highest BCUT2D eigenvalue weighted by molar-refractivity contribution is 6.28. The van der Waals surface area contributed by atoms with Gasteiger partial charge in [-0.25, -0.2) is 8.78 Å². The normalized spacial score (nSPS) is 11.0. The second-order valence-corrected chi connectivity index (χ2v) is 18.3. The van der Waals surface area contributed by atoms with Gasteiger partial charge >= 0.3 is 0 Å². The van der Waals surface area contributed by atoms with Crippen LogP contribution in [0.3, 0.4) is 0 Å². The van der Waals surface area contributed by atoms with Crippen LogP contribution in [0.5, 0.6) is 0 Å². The Kier molecular flexibility index (Phi) is 11.7. The van der Waals surface area contributed by atoms with Crippen LogP contribution in [0.1, 0.15) is 22.3 Å². The van der Waals surface area contributed by atoms with Crippen molar-refractivity contribution in [2.75, 3.05) is 9.80 Å². The second-order valence-electron chi connectivity index (χ2n) is 18.3. The van der Waals surface area contributed by atoms with E-state index in [4.69, 9.17) is 0 Å². The van der Waals surface area contributed by atoms with Crippen LogP contribution in [0.2, 0.25) is 0 Å². The summed E-state index contributed by atoms with van der Waals surface area (Å²) in [6.07, 6.45) is 0. The highest BCUT2D eigenvalue weighted by Crippen LogP contribution is 2.53. The maximum Gasteiger partial charge on any atom is 0.147 e. The molecule has 76 heavy (non-hydrogen) atoms. The Bertz CT molecular complexity index is 4090. The first-order valence-electron chi connectivity index (χ1n) is 24.4. The highest BCUT2D eigenvalue weighted by atomic mass is 19.1. The SMILES string of the molecule is N#Cc1ccc(-c2ccc(F)c(N(c3ccccc3)c3ccc4ccc5c(N(c6ccccc6)c6c(F)ccc(-c7ccc(C#N)cc7)c6-c6ccc(C#N)cc6)ccc6ccc3c4c65)c2-c2ccc(C#N)cc2)cc1. The average molecular weight is 977 g/mol. The van der Waals surface area contributed by atoms with E-state index in [9.17, 15) is 21.0 Å². The van der Waals surface area contributed by atoms with Crippen molar-refractivity contribution >= 4 is 66.4 Å². The summed E-state index contributed by atoms with van der Waals surface area (Å²) in [6.45, 7) is 0. The molecule has 0 unspecified atom stereocenters. The van der Waals surface area contributed by atoms with Crippen molar-refractivity contribution in [2.24, 2.45) is 0 Å². The molecular formula is C68H38F2N6. The van der Waals surface area contributed by atoms with E-state index in [2.05, 4.69) is 60.7 Å². The summed E-state index contributed by atoms with van der Waals surface area (Å²) in [6, 6.07) is 79.9. The van der Waals surface area contributed by atoms with Gasteiger partial charge in [0.05, 0.1) is 69.3 Å². The summed E-state index contributed by atoms with van der Waals surface area (Å²) < 4.78 is 35.1. The van der Waals surface area contributed by atoms with Crippen molar-refractivity contribution in [3.8, 4) is 68.8 Å². The van der Waals surface area contributed by atoms with Crippen molar-refractivity contribution in [3.63, 3.8) is 0 Å². The molecule has 0 N–H and O–H groups in total. The van der Waals surface area contributed by atoms with E-state index in [-0.39, 0.29) is 11.4 Å². The number of halogens is 2. The fourth-order valence-electron chi connectivity index (χ4n) is 10.6. The maximum absolute atomic E-state index is 17.6. The predicted octanol–water partition coefficient (Wildman–Crippen LogP) is 18.0. The number of para-hydroxylation sites is 2. The molecular weight excluding hydrogens is 939 g/mol. The number of rotatable bonds is 10. The summed E-state index contributed by atoms with van der Waals surface area (Å²) in [4.78, 5) is 3.93. The Hall–Kier alpha value is -10.9. The van der Waals surface area contributed by atoms with E-state index in [0.29, 0.717) is 67.3 Å². The lowest BCUT2D eigenvalue weighted by molar-refractivity contribution is 0.629. The molecule has 0 radical (unpaired) electrons. The lowest BCUT2D eigenvalue weighted by atomic mass is 9.89. The van der Waals surface area contributed by atoms with Crippen LogP contribution in [-0.2, 0) is 0 Å². The molecule has 0 aliphatic heterocycles. The molecule has 12 aromatic rings. The number of nitriles is 4. The summed E-state index contributed by atoms with van der Waals surface area (Å²) in [5.41, 5.74) is 10.9. The van der Waals surface area contributed by atoms with Crippen LogP contribution < -0.4 is 9.80 Å². The molecule has 6 nitrogen and oxygen atoms in total. The third-order valence-corrected chi connectivity index (χ3v) is 14.1. The lowest BCUT2D eigenvalue weighted by Gasteiger charge is -2.32. The van der Waals surface area contributed by atoms with Crippen molar-refractivity contribution < 1.29 is 8.78 Å². The van der Waals surface area contributed by atoms with Gasteiger partial charge in [-0.3, -0.25) is 0 Å². The molecule has 0 atom stereocenters. The van der Waals surface area contributed by atoms with E-state index >= 15 is 8.78 Å². The maximum atomic E-state index is 17.6. The van der Waals surface area contributed by atoms with Gasteiger partial charge in [-0.1, -0.05) is 133 Å². The molecule has 0 bridgehead atoms. The van der Waals surface area contributed by atoms with E-state index in [1.165, 1.54) is 12.1 Å². The number of hydrogen-bond acceptors (Lipinski definition) is 6. The van der Waals surface area contributed by atoms with Crippen molar-refractivity contribution in [2.45, 2.75) is 0 Å². The minimum Gasteiger partial charge on any atom is -0.307 e. The summed E-state index contributed by atoms with van der Waals surface area (Å²) in [7, 11) is 0. The molecule has 0 aliphatic carbocycles. The molecule has 0 aliphatic rings. The molecule has 12 rings (SSSR count). The van der Waals surface area contributed by atoms with Gasteiger partial charge in [0, 0.05) is 33.3 Å². The molecule has 8 heteroatoms. The standard InChI is InChI=1S/C68H38F2N6/c69-59-35-33-55(47-19-11-43(39-71)12-20-47)65(51-23-15-45(41-73)16-24-51)67(59)75(53-7-3-1-4-8-53)61-37-29-49-28-32-58-62(38-30-50-27-31-57(61)63(49)64(50)58)76(54-9-5-2-6-10-54)68-60(70)36-34-56(48-21-13-44(40-72)14-22-48)66(68)52-25-17-46(42-74)18-26-52/h1-38H. The molecule has 0 saturated heterocycles. The number of anilines is 6. The molecule has 0 saturated carbocycles. The van der Waals surface area contributed by atoms with Gasteiger partial charge in [-0.15, -0.1) is 0 Å². The molecule has 0 amide bonds. The van der Waals surface area contributed by atoms with E-state index in [1.54, 1.807) is 60.7 Å². The summed E-state index contributed by atoms with van der Waals surface area (Å²) >= 11 is 0. The highest BCUT2D eigenvalue weighted by Gasteiger charge is 2.29. The summed E-state index contributed by atoms with van der Waals surface area (Å²) in [5, 5.41) is 44.5. The Morgan fingerprint density at radius 1 is 0.303 bits per heavy atom. The first-order chi connectivity index (χ1) is 37.3. The fraction of sp³-hybridized carbons (Fsp3) is 0. The Balaban J connectivity index is 1.14. The predicted molar refractivity (Wildman–Crippen MR) is 300 cm³/mol. The van der Waals surface area contributed by atoms with Crippen LogP contribution >= 0.6 is 0 Å². The van der Waals surface area contributed by atoms with Gasteiger partial charge in [0.15, 0.2) is 0 Å². The van der Waals surface area contributed by atoms with Crippen LogP contribution in [-0.4, -0.2) is 0 Å². The lowest BCUT2D eigenvalue weighted by Crippen LogP contribution is -2.15. The van der Waals surface area contributed by atoms with Gasteiger partial charge < -0.3 is 9.80 Å². The zero-order valence-corrected chi connectivity index (χ0v) is 40.4. The second kappa shape index (κ2) is 19.3. The zero-order chi connectivity index (χ0) is 51.9. The van der Waals surface area contributed by atoms with Crippen LogP contribution in [0.4, 0.5) is 42.9 Å². The number of hydrogen-bond donors (Lipinski definition) is 0. The van der Waals surface area contributed by atoms with E-state index in [1.807, 2.05) is 131 Å². The van der Waals surface area contributed by atoms with Crippen LogP contribution in [0, 0.1) is 57.0 Å². The first kappa shape index (κ1) is 46.2. The quantitative estimate of drug-likeness (QED) is 0.127. The van der Waals surface area contributed by atoms with Gasteiger partial charge in [0.2, 0.25) is 0 Å². The van der Waals surface area contributed by atoms with E-state index in [0.717, 1.165) is 54.6 Å². The van der Waals surface area contributed by atoms with Gasteiger partial charge in [-0.2, -0.15) is 21.0 Å². The molecule has 0 heterocycles. The molecule has 354 valence electrons. The largest absolute Gasteiger partial charge is 0.307 e. The van der Waals surface area contributed by atoms with Crippen LogP contribution in [0.15, 0.2) is 231 Å². The Morgan fingerprint density at radius 2 is 0.618 bits per heavy atom. The Morgan fingerprint density at radius 3 is 0.947 bits per heavy atom. The van der Waals surface area contributed by atoms with Crippen molar-refractivity contribution in [1.82, 2.24) is 0 Å². The fourth-order valence-corrected chi connectivity index (χ4v) is 10.6. The molecule has 0 aromatic heterocycles. The minimum atomic E-state index is -0.476. The van der Waals surface area contributed by atoms with Gasteiger partial charge in [0.25, 0.3) is 0 Å². The molecule has 12 aromatic carbocycles. The third-order valence-electron chi connectivity index (χ3n) is 14.1. The molecule has 0 fully saturated rings. The van der Waals surface area contributed by atoms with Gasteiger partial charge in [-0.05, 0) is 152 Å². The Labute approximate surface area is 437 Å². The molecule has 0 spiro atoms. The monoisotopic (exact) mass is 976 g/mol. The smallest absolute Gasteiger partial charge is 0.147 e.